The van der Waals surface area contributed by atoms with Gasteiger partial charge in [0.05, 0.1) is 22.2 Å². The van der Waals surface area contributed by atoms with Crippen molar-refractivity contribution < 1.29 is 13.8 Å². The van der Waals surface area contributed by atoms with Crippen LogP contribution in [0.3, 0.4) is 0 Å². The van der Waals surface area contributed by atoms with Crippen molar-refractivity contribution in [3.05, 3.63) is 75.4 Å². The van der Waals surface area contributed by atoms with E-state index >= 15 is 0 Å². The van der Waals surface area contributed by atoms with Crippen molar-refractivity contribution in [1.82, 2.24) is 15.1 Å². The van der Waals surface area contributed by atoms with Crippen LogP contribution in [-0.2, 0) is 15.6 Å². The van der Waals surface area contributed by atoms with Crippen LogP contribution in [-0.4, -0.2) is 69.5 Å². The van der Waals surface area contributed by atoms with Gasteiger partial charge in [0.2, 0.25) is 5.91 Å². The summed E-state index contributed by atoms with van der Waals surface area (Å²) in [6.45, 7) is 12.2. The number of urea groups is 1. The number of nitrogens with two attached hydrogens (primary N) is 1. The third-order valence-corrected chi connectivity index (χ3v) is 10.3. The van der Waals surface area contributed by atoms with Crippen LogP contribution in [0.1, 0.15) is 49.5 Å². The highest BCUT2D eigenvalue weighted by atomic mass is 35.5. The Bertz CT molecular complexity index is 1380. The molecule has 4 N–H and O–H groups in total. The maximum Gasteiger partial charge on any atom is 0.319 e. The third kappa shape index (κ3) is 8.34. The Hall–Kier alpha value is -2.92. The molecule has 3 atom stereocenters. The average molecular weight is 630 g/mol. The summed E-state index contributed by atoms with van der Waals surface area (Å²) in [6.07, 6.45) is 5.76. The van der Waals surface area contributed by atoms with E-state index in [9.17, 15) is 13.8 Å². The van der Waals surface area contributed by atoms with Gasteiger partial charge in [0.25, 0.3) is 0 Å². The first-order valence-corrected chi connectivity index (χ1v) is 16.8. The van der Waals surface area contributed by atoms with Gasteiger partial charge in [0.15, 0.2) is 0 Å². The number of amides is 3. The number of nitrogens with one attached hydrogen (secondary N) is 2. The van der Waals surface area contributed by atoms with Crippen LogP contribution >= 0.6 is 22.9 Å². The van der Waals surface area contributed by atoms with E-state index in [1.54, 1.807) is 17.6 Å². The maximum atomic E-state index is 13.4. The number of halogens is 1. The van der Waals surface area contributed by atoms with Crippen molar-refractivity contribution in [2.24, 2.45) is 5.73 Å². The number of piperidine rings is 1. The standard InChI is InChI=1S/C31H40ClN5O3S2/c1-4-22(2)24-8-5-9-25(18-24)35-30(39)34-19-26-10-6-16-37(26)29(38)20-36-15-7-14-31(33,23(36)3)21-42(40)17-13-27-11-12-28(32)41-27/h5,8-9,11-13,17-18,26H,2-4,6-7,10,14-16,19-21,33H2,1H3,(H2,34,35,39)/b17-13+/t26-,31?,42?/m1/s1. The Morgan fingerprint density at radius 2 is 2.07 bits per heavy atom. The van der Waals surface area contributed by atoms with E-state index in [0.717, 1.165) is 41.7 Å². The summed E-state index contributed by atoms with van der Waals surface area (Å²) < 4.78 is 13.5. The molecule has 0 aliphatic carbocycles. The smallest absolute Gasteiger partial charge is 0.319 e. The summed E-state index contributed by atoms with van der Waals surface area (Å²) in [6, 6.07) is 10.9. The first-order valence-electron chi connectivity index (χ1n) is 14.2. The van der Waals surface area contributed by atoms with Gasteiger partial charge in [-0.05, 0) is 73.6 Å². The Morgan fingerprint density at radius 1 is 1.26 bits per heavy atom. The SMILES string of the molecule is C=C(CC)c1cccc(NC(=O)NC[C@H]2CCCN2C(=O)CN2CCCC(N)(CS(=O)/C=C/c3ccc(Cl)s3)C2=C)c1. The molecule has 4 rings (SSSR count). The monoisotopic (exact) mass is 629 g/mol. The number of carbonyl (C=O) groups excluding carboxylic acids is 2. The molecule has 2 unspecified atom stereocenters. The summed E-state index contributed by atoms with van der Waals surface area (Å²) >= 11 is 7.40. The van der Waals surface area contributed by atoms with E-state index in [2.05, 4.69) is 23.8 Å². The normalized spacial score (nSPS) is 21.5. The lowest BCUT2D eigenvalue weighted by Gasteiger charge is -2.43. The van der Waals surface area contributed by atoms with Gasteiger partial charge in [-0.2, -0.15) is 0 Å². The number of thiophene rings is 1. The fourth-order valence-corrected chi connectivity index (χ4v) is 7.67. The zero-order valence-corrected chi connectivity index (χ0v) is 26.5. The first kappa shape index (κ1) is 32.0. The summed E-state index contributed by atoms with van der Waals surface area (Å²) in [5.41, 5.74) is 9.21. The number of carbonyl (C=O) groups is 2. The summed E-state index contributed by atoms with van der Waals surface area (Å²) in [5.74, 6) is 0.207. The molecule has 0 radical (unpaired) electrons. The number of likely N-dealkylation sites (tertiary alicyclic amines) is 2. The summed E-state index contributed by atoms with van der Waals surface area (Å²) in [7, 11) is -1.31. The highest BCUT2D eigenvalue weighted by Crippen LogP contribution is 2.30. The van der Waals surface area contributed by atoms with Crippen molar-refractivity contribution >= 4 is 63.0 Å². The van der Waals surface area contributed by atoms with Crippen molar-refractivity contribution in [2.75, 3.05) is 37.2 Å². The van der Waals surface area contributed by atoms with Crippen molar-refractivity contribution in [1.29, 1.82) is 0 Å². The predicted octanol–water partition coefficient (Wildman–Crippen LogP) is 5.66. The number of allylic oxidation sites excluding steroid dienone is 1. The fourth-order valence-electron chi connectivity index (χ4n) is 5.41. The molecule has 2 saturated heterocycles. The lowest BCUT2D eigenvalue weighted by Crippen LogP contribution is -2.56. The van der Waals surface area contributed by atoms with Crippen LogP contribution in [0.15, 0.2) is 60.7 Å². The van der Waals surface area contributed by atoms with E-state index < -0.39 is 16.3 Å². The van der Waals surface area contributed by atoms with Crippen LogP contribution < -0.4 is 16.4 Å². The molecule has 2 aliphatic rings. The van der Waals surface area contributed by atoms with Crippen LogP contribution in [0, 0.1) is 0 Å². The van der Waals surface area contributed by atoms with E-state index in [-0.39, 0.29) is 30.3 Å². The minimum Gasteiger partial charge on any atom is -0.364 e. The topological polar surface area (TPSA) is 108 Å². The number of nitrogens with zero attached hydrogens (tertiary/aromatic N) is 2. The molecule has 0 bridgehead atoms. The Balaban J connectivity index is 1.28. The highest BCUT2D eigenvalue weighted by molar-refractivity contribution is 7.88. The summed E-state index contributed by atoms with van der Waals surface area (Å²) in [5, 5.41) is 7.45. The van der Waals surface area contributed by atoms with Crippen LogP contribution in [0.25, 0.3) is 11.6 Å². The van der Waals surface area contributed by atoms with E-state index in [4.69, 9.17) is 17.3 Å². The van der Waals surface area contributed by atoms with E-state index in [0.29, 0.717) is 41.8 Å². The Kier molecular flexibility index (Phi) is 11.1. The number of hydrogen-bond donors (Lipinski definition) is 3. The largest absolute Gasteiger partial charge is 0.364 e. The molecule has 8 nitrogen and oxygen atoms in total. The van der Waals surface area contributed by atoms with Gasteiger partial charge < -0.3 is 26.2 Å². The van der Waals surface area contributed by atoms with Gasteiger partial charge in [0.1, 0.15) is 0 Å². The molecule has 226 valence electrons. The second-order valence-corrected chi connectivity index (χ2v) is 13.9. The van der Waals surface area contributed by atoms with E-state index in [1.807, 2.05) is 47.1 Å². The number of rotatable bonds is 11. The number of anilines is 1. The first-order chi connectivity index (χ1) is 20.1. The molecular weight excluding hydrogens is 590 g/mol. The third-order valence-electron chi connectivity index (χ3n) is 7.86. The second-order valence-electron chi connectivity index (χ2n) is 10.9. The van der Waals surface area contributed by atoms with Crippen molar-refractivity contribution in [3.8, 4) is 0 Å². The quantitative estimate of drug-likeness (QED) is 0.297. The Labute approximate surface area is 260 Å². The van der Waals surface area contributed by atoms with Gasteiger partial charge in [0, 0.05) is 58.1 Å². The van der Waals surface area contributed by atoms with Crippen molar-refractivity contribution in [3.63, 3.8) is 0 Å². The van der Waals surface area contributed by atoms with Gasteiger partial charge >= 0.3 is 6.03 Å². The molecule has 2 aromatic rings. The van der Waals surface area contributed by atoms with Crippen LogP contribution in [0.5, 0.6) is 0 Å². The second kappa shape index (κ2) is 14.5. The predicted molar refractivity (Wildman–Crippen MR) is 176 cm³/mol. The minimum absolute atomic E-state index is 0.0218. The van der Waals surface area contributed by atoms with Crippen LogP contribution in [0.4, 0.5) is 10.5 Å². The molecule has 2 aliphatic heterocycles. The van der Waals surface area contributed by atoms with Crippen LogP contribution in [0.2, 0.25) is 4.34 Å². The molecule has 0 saturated carbocycles. The molecule has 3 amide bonds. The molecule has 1 aromatic carbocycles. The van der Waals surface area contributed by atoms with Crippen molar-refractivity contribution in [2.45, 2.75) is 50.6 Å². The number of benzene rings is 1. The lowest BCUT2D eigenvalue weighted by molar-refractivity contribution is -0.133. The average Bonchev–Trinajstić information content (AvgIpc) is 3.61. The van der Waals surface area contributed by atoms with Gasteiger partial charge in [-0.15, -0.1) is 11.3 Å². The molecule has 0 spiro atoms. The van der Waals surface area contributed by atoms with Gasteiger partial charge in [-0.3, -0.25) is 9.00 Å². The minimum atomic E-state index is -1.31. The summed E-state index contributed by atoms with van der Waals surface area (Å²) in [4.78, 5) is 30.7. The lowest BCUT2D eigenvalue weighted by atomic mass is 9.88. The zero-order chi connectivity index (χ0) is 30.3. The molecule has 1 aromatic heterocycles. The molecule has 42 heavy (non-hydrogen) atoms. The Morgan fingerprint density at radius 3 is 2.81 bits per heavy atom. The molecule has 3 heterocycles. The molecule has 11 heteroatoms. The zero-order valence-electron chi connectivity index (χ0n) is 24.1. The maximum absolute atomic E-state index is 13.4. The van der Waals surface area contributed by atoms with Gasteiger partial charge in [-0.25, -0.2) is 4.79 Å². The highest BCUT2D eigenvalue weighted by Gasteiger charge is 2.38. The van der Waals surface area contributed by atoms with Gasteiger partial charge in [-0.1, -0.05) is 43.8 Å². The van der Waals surface area contributed by atoms with E-state index in [1.165, 1.54) is 11.3 Å². The number of hydrogen-bond acceptors (Lipinski definition) is 6. The molecular formula is C31H40ClN5O3S2. The molecule has 2 fully saturated rings. The fraction of sp³-hybridized carbons (Fsp3) is 0.419.